The number of rotatable bonds is 6. The van der Waals surface area contributed by atoms with Crippen molar-refractivity contribution >= 4 is 11.8 Å². The minimum atomic E-state index is -0.476. The number of methoxy groups -OCH3 is 1. The highest BCUT2D eigenvalue weighted by Crippen LogP contribution is 2.29. The number of nitrogens with one attached hydrogen (secondary N) is 1. The van der Waals surface area contributed by atoms with Crippen LogP contribution < -0.4 is 10.1 Å². The van der Waals surface area contributed by atoms with Crippen molar-refractivity contribution < 1.29 is 14.3 Å². The van der Waals surface area contributed by atoms with Gasteiger partial charge >= 0.3 is 6.09 Å². The number of hydrogen-bond donors (Lipinski definition) is 1. The van der Waals surface area contributed by atoms with Crippen LogP contribution in [0.15, 0.2) is 42.5 Å². The third kappa shape index (κ3) is 6.72. The normalized spacial score (nSPS) is 18.3. The molecule has 1 N–H and O–H groups in total. The van der Waals surface area contributed by atoms with E-state index < -0.39 is 5.60 Å². The van der Waals surface area contributed by atoms with Crippen LogP contribution in [-0.2, 0) is 11.3 Å². The smallest absolute Gasteiger partial charge is 0.410 e. The molecule has 6 heteroatoms. The van der Waals surface area contributed by atoms with E-state index in [9.17, 15) is 4.79 Å². The fourth-order valence-electron chi connectivity index (χ4n) is 4.23. The summed E-state index contributed by atoms with van der Waals surface area (Å²) in [7, 11) is 3.54. The van der Waals surface area contributed by atoms with Crippen LogP contribution >= 0.6 is 0 Å². The summed E-state index contributed by atoms with van der Waals surface area (Å²) >= 11 is 0. The molecule has 0 unspecified atom stereocenters. The van der Waals surface area contributed by atoms with E-state index in [1.807, 2.05) is 64.2 Å². The average molecular weight is 450 g/mol. The molecule has 0 bridgehead atoms. The van der Waals surface area contributed by atoms with Gasteiger partial charge in [0.25, 0.3) is 0 Å². The van der Waals surface area contributed by atoms with Gasteiger partial charge in [0.15, 0.2) is 5.69 Å². The van der Waals surface area contributed by atoms with Gasteiger partial charge in [-0.15, -0.1) is 0 Å². The molecule has 1 aliphatic rings. The fraction of sp³-hybridized carbons (Fsp3) is 0.481. The van der Waals surface area contributed by atoms with Crippen LogP contribution in [0.5, 0.6) is 5.75 Å². The Morgan fingerprint density at radius 1 is 1.09 bits per heavy atom. The molecule has 1 saturated carbocycles. The number of carbonyl (C=O) groups is 1. The number of amides is 1. The molecule has 0 atom stereocenters. The van der Waals surface area contributed by atoms with Gasteiger partial charge in [0.05, 0.1) is 13.7 Å². The standard InChI is InChI=1S/C27H35N3O3/c1-27(2,3)33-26(31)30(5)24-14-12-23(13-15-24)29-18-21-17-20(9-16-25(21)32-6)19-7-10-22(28-4)11-8-19/h7-11,16-17,23-24,29H,12-15,18H2,1-3,5-6H3/t23-,24-. The number of nitrogens with zero attached hydrogens (tertiary/aromatic N) is 2. The summed E-state index contributed by atoms with van der Waals surface area (Å²) in [5.74, 6) is 0.863. The van der Waals surface area contributed by atoms with E-state index in [2.05, 4.69) is 16.2 Å². The fourth-order valence-corrected chi connectivity index (χ4v) is 4.23. The number of carbonyl (C=O) groups excluding carboxylic acids is 1. The molecule has 2 aromatic rings. The van der Waals surface area contributed by atoms with E-state index in [1.54, 1.807) is 12.0 Å². The monoisotopic (exact) mass is 449 g/mol. The van der Waals surface area contributed by atoms with Gasteiger partial charge in [0.1, 0.15) is 11.4 Å². The van der Waals surface area contributed by atoms with Crippen molar-refractivity contribution in [3.63, 3.8) is 0 Å². The molecule has 0 saturated heterocycles. The first-order chi connectivity index (χ1) is 15.7. The van der Waals surface area contributed by atoms with E-state index in [1.165, 1.54) is 0 Å². The highest BCUT2D eigenvalue weighted by Gasteiger charge is 2.29. The first kappa shape index (κ1) is 24.6. The third-order valence-electron chi connectivity index (χ3n) is 6.12. The second kappa shape index (κ2) is 10.7. The molecule has 6 nitrogen and oxygen atoms in total. The van der Waals surface area contributed by atoms with Gasteiger partial charge in [0.2, 0.25) is 0 Å². The predicted octanol–water partition coefficient (Wildman–Crippen LogP) is 6.18. The van der Waals surface area contributed by atoms with Crippen LogP contribution in [0.4, 0.5) is 10.5 Å². The van der Waals surface area contributed by atoms with Crippen LogP contribution in [-0.4, -0.2) is 42.8 Å². The van der Waals surface area contributed by atoms with Crippen LogP contribution in [0, 0.1) is 6.57 Å². The zero-order valence-corrected chi connectivity index (χ0v) is 20.4. The van der Waals surface area contributed by atoms with Crippen molar-refractivity contribution in [2.75, 3.05) is 14.2 Å². The summed E-state index contributed by atoms with van der Waals surface area (Å²) in [4.78, 5) is 17.6. The molecule has 3 rings (SSSR count). The van der Waals surface area contributed by atoms with Crippen molar-refractivity contribution in [3.8, 4) is 16.9 Å². The average Bonchev–Trinajstić information content (AvgIpc) is 2.81. The summed E-state index contributed by atoms with van der Waals surface area (Å²) in [6.45, 7) is 13.5. The summed E-state index contributed by atoms with van der Waals surface area (Å²) in [6.07, 6.45) is 3.69. The van der Waals surface area contributed by atoms with Crippen LogP contribution in [0.2, 0.25) is 0 Å². The second-order valence-corrected chi connectivity index (χ2v) is 9.66. The van der Waals surface area contributed by atoms with Crippen molar-refractivity contribution in [1.29, 1.82) is 0 Å². The van der Waals surface area contributed by atoms with E-state index in [0.29, 0.717) is 18.3 Å². The Bertz CT molecular complexity index is 981. The summed E-state index contributed by atoms with van der Waals surface area (Å²) in [5.41, 5.74) is 3.46. The Morgan fingerprint density at radius 3 is 2.30 bits per heavy atom. The minimum absolute atomic E-state index is 0.217. The predicted molar refractivity (Wildman–Crippen MR) is 132 cm³/mol. The summed E-state index contributed by atoms with van der Waals surface area (Å²) in [6, 6.07) is 14.5. The van der Waals surface area contributed by atoms with Gasteiger partial charge < -0.3 is 19.7 Å². The lowest BCUT2D eigenvalue weighted by Gasteiger charge is -2.36. The Labute approximate surface area is 197 Å². The molecule has 1 aliphatic carbocycles. The molecular formula is C27H35N3O3. The minimum Gasteiger partial charge on any atom is -0.496 e. The summed E-state index contributed by atoms with van der Waals surface area (Å²) in [5, 5.41) is 3.68. The molecule has 0 radical (unpaired) electrons. The first-order valence-electron chi connectivity index (χ1n) is 11.5. The van der Waals surface area contributed by atoms with Gasteiger partial charge in [-0.3, -0.25) is 0 Å². The lowest BCUT2D eigenvalue weighted by molar-refractivity contribution is 0.0179. The SMILES string of the molecule is [C-]#[N+]c1ccc(-c2ccc(OC)c(CN[C@H]3CC[C@H](N(C)C(=O)OC(C)(C)C)CC3)c2)cc1. The number of hydrogen-bond acceptors (Lipinski definition) is 4. The topological polar surface area (TPSA) is 55.2 Å². The lowest BCUT2D eigenvalue weighted by atomic mass is 9.90. The molecule has 33 heavy (non-hydrogen) atoms. The molecule has 0 heterocycles. The number of ether oxygens (including phenoxy) is 2. The van der Waals surface area contributed by atoms with Crippen molar-refractivity contribution in [2.45, 2.75) is 70.7 Å². The largest absolute Gasteiger partial charge is 0.496 e. The molecule has 176 valence electrons. The zero-order valence-electron chi connectivity index (χ0n) is 20.4. The Hall–Kier alpha value is -3.04. The highest BCUT2D eigenvalue weighted by molar-refractivity contribution is 5.68. The lowest BCUT2D eigenvalue weighted by Crippen LogP contribution is -2.44. The molecule has 0 aromatic heterocycles. The van der Waals surface area contributed by atoms with Gasteiger partial charge in [-0.2, -0.15) is 0 Å². The van der Waals surface area contributed by atoms with E-state index >= 15 is 0 Å². The van der Waals surface area contributed by atoms with Gasteiger partial charge in [-0.25, -0.2) is 9.64 Å². The molecule has 1 fully saturated rings. The molecule has 0 aliphatic heterocycles. The molecule has 0 spiro atoms. The zero-order chi connectivity index (χ0) is 24.0. The maximum atomic E-state index is 12.4. The Kier molecular flexibility index (Phi) is 7.99. The van der Waals surface area contributed by atoms with E-state index in [4.69, 9.17) is 16.0 Å². The second-order valence-electron chi connectivity index (χ2n) is 9.66. The van der Waals surface area contributed by atoms with Gasteiger partial charge in [-0.1, -0.05) is 30.3 Å². The van der Waals surface area contributed by atoms with Gasteiger partial charge in [0, 0.05) is 31.2 Å². The first-order valence-corrected chi connectivity index (χ1v) is 11.5. The third-order valence-corrected chi connectivity index (χ3v) is 6.12. The van der Waals surface area contributed by atoms with Crippen LogP contribution in [0.25, 0.3) is 16.0 Å². The van der Waals surface area contributed by atoms with Crippen molar-refractivity contribution in [2.24, 2.45) is 0 Å². The van der Waals surface area contributed by atoms with Crippen molar-refractivity contribution in [3.05, 3.63) is 59.4 Å². The van der Waals surface area contributed by atoms with Crippen LogP contribution in [0.1, 0.15) is 52.0 Å². The van der Waals surface area contributed by atoms with E-state index in [-0.39, 0.29) is 12.1 Å². The Morgan fingerprint density at radius 2 is 1.73 bits per heavy atom. The summed E-state index contributed by atoms with van der Waals surface area (Å²) < 4.78 is 11.1. The van der Waals surface area contributed by atoms with E-state index in [0.717, 1.165) is 48.1 Å². The number of benzene rings is 2. The molecule has 2 aromatic carbocycles. The molecule has 1 amide bonds. The molecular weight excluding hydrogens is 414 g/mol. The quantitative estimate of drug-likeness (QED) is 0.535. The Balaban J connectivity index is 1.58. The maximum absolute atomic E-state index is 12.4. The van der Waals surface area contributed by atoms with Crippen LogP contribution in [0.3, 0.4) is 0 Å². The van der Waals surface area contributed by atoms with Crippen molar-refractivity contribution in [1.82, 2.24) is 10.2 Å². The highest BCUT2D eigenvalue weighted by atomic mass is 16.6. The maximum Gasteiger partial charge on any atom is 0.410 e. The van der Waals surface area contributed by atoms with Gasteiger partial charge in [-0.05, 0) is 69.7 Å².